The lowest BCUT2D eigenvalue weighted by Gasteiger charge is -2.30. The fraction of sp³-hybridized carbons (Fsp3) is 0.563. The van der Waals surface area contributed by atoms with Gasteiger partial charge in [-0.2, -0.15) is 12.6 Å². The first-order valence-corrected chi connectivity index (χ1v) is 46.0. The summed E-state index contributed by atoms with van der Waals surface area (Å²) in [7, 11) is 0. The van der Waals surface area contributed by atoms with Gasteiger partial charge in [-0.1, -0.05) is 90.4 Å². The number of aliphatic hydroxyl groups excluding tert-OH is 2. The Morgan fingerprint density at radius 1 is 0.394 bits per heavy atom. The van der Waals surface area contributed by atoms with Gasteiger partial charge in [-0.3, -0.25) is 105 Å². The Kier molecular flexibility index (Phi) is 54.1. The zero-order valence-electron chi connectivity index (χ0n) is 79.2. The number of carboxylic acid groups (broad SMARTS) is 3. The monoisotopic (exact) mass is 2020 g/mol. The Labute approximate surface area is 820 Å². The number of benzene rings is 2. The molecule has 786 valence electrons. The number of aliphatic carboxylic acids is 3. The molecule has 0 unspecified atom stereocenters. The van der Waals surface area contributed by atoms with E-state index in [0.717, 1.165) is 0 Å². The van der Waals surface area contributed by atoms with Gasteiger partial charge in [-0.15, -0.1) is 0 Å². The predicted molar refractivity (Wildman–Crippen MR) is 503 cm³/mol. The molecule has 55 heteroatoms. The number of nitrogens with two attached hydrogens (primary N) is 6. The van der Waals surface area contributed by atoms with E-state index in [2.05, 4.69) is 113 Å². The summed E-state index contributed by atoms with van der Waals surface area (Å²) in [5.74, 6) is -30.9. The molecule has 17 atom stereocenters. The number of carboxylic acids is 3. The minimum atomic E-state index is -2.12. The Morgan fingerprint density at radius 2 is 0.761 bits per heavy atom. The molecule has 3 aromatic rings. The molecule has 0 spiro atoms. The molecule has 0 aliphatic rings. The lowest BCUT2D eigenvalue weighted by Crippen LogP contribution is -2.62. The second-order valence-corrected chi connectivity index (χ2v) is 34.4. The maximum atomic E-state index is 14.6. The van der Waals surface area contributed by atoms with E-state index in [1.165, 1.54) is 57.6 Å². The number of carbonyl (C=O) groups is 23. The number of H-pyrrole nitrogens is 1. The maximum Gasteiger partial charge on any atom is 0.326 e. The number of primary amides is 3. The predicted octanol–water partition coefficient (Wildman–Crippen LogP) is -11.1. The van der Waals surface area contributed by atoms with Gasteiger partial charge in [0.25, 0.3) is 0 Å². The quantitative estimate of drug-likeness (QED) is 0.0184. The van der Waals surface area contributed by atoms with E-state index >= 15 is 0 Å². The van der Waals surface area contributed by atoms with E-state index in [0.29, 0.717) is 12.0 Å². The Bertz CT molecular complexity index is 4810. The normalized spacial score (nSPS) is 14.7. The van der Waals surface area contributed by atoms with E-state index in [9.17, 15) is 141 Å². The topological polar surface area (TPSA) is 903 Å². The average Bonchev–Trinajstić information content (AvgIpc) is 1.04. The van der Waals surface area contributed by atoms with E-state index in [1.54, 1.807) is 51.1 Å². The smallest absolute Gasteiger partial charge is 0.326 e. The summed E-state index contributed by atoms with van der Waals surface area (Å²) in [5, 5.41) is 99.3. The van der Waals surface area contributed by atoms with Crippen molar-refractivity contribution in [1.29, 1.82) is 0 Å². The number of nitrogens with one attached hydrogen (secondary N) is 18. The lowest BCUT2D eigenvalue weighted by molar-refractivity contribution is -0.142. The van der Waals surface area contributed by atoms with Gasteiger partial charge in [0, 0.05) is 43.3 Å². The van der Waals surface area contributed by atoms with Crippen molar-refractivity contribution in [3.8, 4) is 5.75 Å². The molecule has 0 aliphatic heterocycles. The fourth-order valence-corrected chi connectivity index (χ4v) is 13.9. The third-order valence-corrected chi connectivity index (χ3v) is 21.9. The van der Waals surface area contributed by atoms with Crippen LogP contribution in [0.15, 0.2) is 67.1 Å². The molecule has 0 saturated heterocycles. The number of phenols is 1. The van der Waals surface area contributed by atoms with Crippen LogP contribution in [0.1, 0.15) is 148 Å². The minimum absolute atomic E-state index is 0.0423. The first-order valence-electron chi connectivity index (χ1n) is 45.4. The minimum Gasteiger partial charge on any atom is -0.508 e. The number of carbonyl (C=O) groups excluding carboxylic acids is 20. The summed E-state index contributed by atoms with van der Waals surface area (Å²) in [6, 6.07) is -14.8. The second kappa shape index (κ2) is 63.2. The van der Waals surface area contributed by atoms with Crippen molar-refractivity contribution < 1.29 is 141 Å². The number of aromatic amines is 1. The van der Waals surface area contributed by atoms with Crippen molar-refractivity contribution in [2.75, 3.05) is 45.1 Å². The van der Waals surface area contributed by atoms with Crippen molar-refractivity contribution >= 4 is 149 Å². The number of rotatable bonds is 68. The van der Waals surface area contributed by atoms with Gasteiger partial charge in [0.2, 0.25) is 118 Å². The number of aromatic hydroxyl groups is 1. The Hall–Kier alpha value is -14.6. The van der Waals surface area contributed by atoms with Crippen LogP contribution in [0.4, 0.5) is 0 Å². The first kappa shape index (κ1) is 122. The van der Waals surface area contributed by atoms with Gasteiger partial charge in [0.15, 0.2) is 0 Å². The van der Waals surface area contributed by atoms with Gasteiger partial charge < -0.3 is 160 Å². The molecule has 0 bridgehead atoms. The van der Waals surface area contributed by atoms with Gasteiger partial charge in [-0.05, 0) is 105 Å². The highest BCUT2D eigenvalue weighted by atomic mass is 32.1. The van der Waals surface area contributed by atoms with Gasteiger partial charge in [0.1, 0.15) is 96.4 Å². The lowest BCUT2D eigenvalue weighted by atomic mass is 9.95. The molecular formula is C87H133N25O29S. The van der Waals surface area contributed by atoms with E-state index < -0.39 is 328 Å². The number of imidazole rings is 1. The van der Waals surface area contributed by atoms with Gasteiger partial charge >= 0.3 is 17.9 Å². The summed E-state index contributed by atoms with van der Waals surface area (Å²) >= 11 is 4.19. The number of aromatic nitrogens is 2. The van der Waals surface area contributed by atoms with Crippen LogP contribution in [0.25, 0.3) is 0 Å². The van der Waals surface area contributed by atoms with Crippen LogP contribution in [0, 0.1) is 17.8 Å². The molecular weight excluding hydrogens is 1890 g/mol. The van der Waals surface area contributed by atoms with Crippen molar-refractivity contribution in [3.63, 3.8) is 0 Å². The molecule has 3 rings (SSSR count). The van der Waals surface area contributed by atoms with E-state index in [4.69, 9.17) is 34.4 Å². The van der Waals surface area contributed by atoms with Gasteiger partial charge in [-0.25, -0.2) is 9.78 Å². The Morgan fingerprint density at radius 3 is 1.20 bits per heavy atom. The molecule has 2 aromatic carbocycles. The number of amides is 20. The largest absolute Gasteiger partial charge is 0.508 e. The zero-order valence-corrected chi connectivity index (χ0v) is 80.1. The highest BCUT2D eigenvalue weighted by molar-refractivity contribution is 7.80. The molecule has 54 nitrogen and oxygen atoms in total. The summed E-state index contributed by atoms with van der Waals surface area (Å²) in [6.45, 7) is 5.62. The van der Waals surface area contributed by atoms with Crippen molar-refractivity contribution in [2.45, 2.75) is 247 Å². The summed E-state index contributed by atoms with van der Waals surface area (Å²) in [6.07, 6.45) is -3.56. The third-order valence-electron chi connectivity index (χ3n) is 21.5. The van der Waals surface area contributed by atoms with Crippen LogP contribution in [-0.4, -0.2) is 318 Å². The van der Waals surface area contributed by atoms with Crippen molar-refractivity contribution in [2.24, 2.45) is 52.2 Å². The zero-order chi connectivity index (χ0) is 107. The molecule has 0 radical (unpaired) electrons. The molecule has 1 heterocycles. The van der Waals surface area contributed by atoms with E-state index in [1.807, 2.05) is 0 Å². The van der Waals surface area contributed by atoms with Crippen molar-refractivity contribution in [1.82, 2.24) is 100 Å². The molecule has 142 heavy (non-hydrogen) atoms. The molecule has 36 N–H and O–H groups in total. The number of phenolic OH excluding ortho intramolecular Hbond substituents is 1. The van der Waals surface area contributed by atoms with Crippen LogP contribution in [0.3, 0.4) is 0 Å². The standard InChI is InChI=1S/C87H133N25O29S/c1-7-44(6)71(112-85(138)70(43(4)5)111-76(129)51(18-12-14-26-89)101-80(133)57(33-68(121)122)105-77(130)53(28-46-19-21-48(115)22-20-46)103-81(134)58(34-69(123)124)106-83(136)60(38-113)108-72(125)49(90)27-42(2)3)86(139)107-56(32-65(93)118)79(132)104-55(31-64(92)117)74(127)96-36-66(119)98-54(30-47-35-94-41-97-47)78(131)110-62(40-142)84(137)102-52(23-24-63(91)116)75(128)109-61(39-114)82(135)100-50(17-11-13-25-88)73(126)95-37-67(120)99-59(87(140)141)29-45-15-9-8-10-16-45/h8-10,15-16,19-22,35,41-44,49-62,70-71,113-115,142H,7,11-14,17-18,23-34,36-40,88-90H2,1-6H3,(H2,91,116)(H2,92,117)(H2,93,118)(H,94,97)(H,95,126)(H,96,127)(H,98,119)(H,99,120)(H,100,135)(H,101,133)(H,102,137)(H,103,134)(H,104,132)(H,105,130)(H,106,136)(H,107,139)(H,108,125)(H,109,128)(H,110,131)(H,111,129)(H,112,138)(H,121,122)(H,123,124)(H,140,141)/t44-,49-,50-,51-,52-,53-,54-,55-,56-,57-,58-,59-,60-,61-,62-,70-,71-/m0/s1. The molecule has 20 amide bonds. The van der Waals surface area contributed by atoms with Crippen LogP contribution in [-0.2, 0) is 130 Å². The number of hydrogen-bond donors (Lipinski definition) is 31. The SMILES string of the molecule is CC[C@H](C)[C@H](NC(=O)[C@@H](NC(=O)[C@H](CCCCN)NC(=O)[C@H](CC(=O)O)NC(=O)[C@H](Cc1ccc(O)cc1)NC(=O)[C@H](CC(=O)O)NC(=O)[C@H](CO)NC(=O)[C@@H](N)CC(C)C)C(C)C)C(=O)N[C@@H](CC(N)=O)C(=O)N[C@@H](CC(N)=O)C(=O)NCC(=O)N[C@@H](Cc1cnc[nH]1)C(=O)N[C@@H](CS)C(=O)N[C@@H](CCC(N)=O)C(=O)N[C@@H](CO)C(=O)N[C@@H](CCCCN)C(=O)NCC(=O)N[C@@H](Cc1ccccc1)C(=O)O. The maximum absolute atomic E-state index is 14.6. The number of thiol groups is 1. The van der Waals surface area contributed by atoms with Crippen LogP contribution in [0.5, 0.6) is 5.75 Å². The average molecular weight is 2030 g/mol. The molecule has 1 aromatic heterocycles. The number of hydrogen-bond acceptors (Lipinski definition) is 31. The number of nitrogens with zero attached hydrogens (tertiary/aromatic N) is 1. The third kappa shape index (κ3) is 45.1. The molecule has 0 fully saturated rings. The highest BCUT2D eigenvalue weighted by Crippen LogP contribution is 2.18. The van der Waals surface area contributed by atoms with Crippen LogP contribution < -0.4 is 125 Å². The summed E-state index contributed by atoms with van der Waals surface area (Å²) in [4.78, 5) is 318. The number of aliphatic hydroxyl groups is 2. The first-order chi connectivity index (χ1) is 67.0. The second-order valence-electron chi connectivity index (χ2n) is 34.0. The van der Waals surface area contributed by atoms with Crippen molar-refractivity contribution in [3.05, 3.63) is 83.9 Å². The molecule has 0 aliphatic carbocycles. The fourth-order valence-electron chi connectivity index (χ4n) is 13.6. The molecule has 0 saturated carbocycles. The number of unbranched alkanes of at least 4 members (excludes halogenated alkanes) is 2. The van der Waals surface area contributed by atoms with Crippen LogP contribution >= 0.6 is 12.6 Å². The van der Waals surface area contributed by atoms with Crippen LogP contribution in [0.2, 0.25) is 0 Å². The summed E-state index contributed by atoms with van der Waals surface area (Å²) in [5.41, 5.74) is 34.7. The van der Waals surface area contributed by atoms with E-state index in [-0.39, 0.29) is 87.4 Å². The Balaban J connectivity index is 1.86. The summed E-state index contributed by atoms with van der Waals surface area (Å²) < 4.78 is 0. The highest BCUT2D eigenvalue weighted by Gasteiger charge is 2.41. The van der Waals surface area contributed by atoms with Gasteiger partial charge in [0.05, 0.1) is 64.4 Å².